The Bertz CT molecular complexity index is 1170. The number of nitrogens with two attached hydrogens (primary N) is 1. The van der Waals surface area contributed by atoms with Gasteiger partial charge in [-0.25, -0.2) is 4.68 Å². The van der Waals surface area contributed by atoms with E-state index in [0.29, 0.717) is 23.2 Å². The van der Waals surface area contributed by atoms with Gasteiger partial charge in [-0.2, -0.15) is 5.10 Å². The van der Waals surface area contributed by atoms with Gasteiger partial charge in [0.1, 0.15) is 0 Å². The quantitative estimate of drug-likeness (QED) is 0.655. The van der Waals surface area contributed by atoms with Gasteiger partial charge in [-0.15, -0.1) is 0 Å². The number of nitrogens with zero attached hydrogens (tertiary/aromatic N) is 3. The molecule has 2 amide bonds. The molecule has 3 N–H and O–H groups in total. The van der Waals surface area contributed by atoms with E-state index in [2.05, 4.69) is 16.9 Å². The van der Waals surface area contributed by atoms with Crippen LogP contribution in [0.3, 0.4) is 0 Å². The topological polar surface area (TPSA) is 101 Å². The highest BCUT2D eigenvalue weighted by atomic mass is 16.3. The molecule has 0 radical (unpaired) electrons. The van der Waals surface area contributed by atoms with Gasteiger partial charge >= 0.3 is 0 Å². The summed E-state index contributed by atoms with van der Waals surface area (Å²) in [4.78, 5) is 25.3. The Hall–Kier alpha value is -3.63. The molecule has 3 aromatic rings. The molecule has 4 rings (SSSR count). The normalized spacial score (nSPS) is 18.9. The van der Waals surface area contributed by atoms with Crippen LogP contribution < -0.4 is 5.73 Å². The van der Waals surface area contributed by atoms with E-state index in [0.717, 1.165) is 5.52 Å². The molecule has 1 aliphatic heterocycles. The standard InChI is InChI=1S/C21H18N4O3/c1-24-12-11-21(28,20(24)27)10-9-14-5-4-6-15(13-14)25-17-8-3-2-7-16(17)18(23-25)19(22)26/h2-8,13,28H,11-12H2,1H3,(H2,22,26)/t21-/m1/s1. The van der Waals surface area contributed by atoms with Crippen molar-refractivity contribution in [2.75, 3.05) is 13.6 Å². The number of para-hydroxylation sites is 1. The van der Waals surface area contributed by atoms with Crippen LogP contribution in [0, 0.1) is 11.8 Å². The number of primary amides is 1. The van der Waals surface area contributed by atoms with E-state index in [1.165, 1.54) is 4.90 Å². The number of aromatic nitrogens is 2. The van der Waals surface area contributed by atoms with Crippen molar-refractivity contribution in [3.05, 3.63) is 59.8 Å². The monoisotopic (exact) mass is 374 g/mol. The molecule has 0 unspecified atom stereocenters. The third-order valence-electron chi connectivity index (χ3n) is 4.83. The molecule has 0 spiro atoms. The summed E-state index contributed by atoms with van der Waals surface area (Å²) in [5.41, 5.74) is 6.06. The highest BCUT2D eigenvalue weighted by molar-refractivity contribution is 6.04. The van der Waals surface area contributed by atoms with Crippen LogP contribution in [0.25, 0.3) is 16.6 Å². The lowest BCUT2D eigenvalue weighted by atomic mass is 10.0. The molecule has 0 saturated carbocycles. The van der Waals surface area contributed by atoms with Crippen LogP contribution in [0.2, 0.25) is 0 Å². The van der Waals surface area contributed by atoms with E-state index in [-0.39, 0.29) is 18.0 Å². The molecule has 2 heterocycles. The van der Waals surface area contributed by atoms with E-state index < -0.39 is 11.5 Å². The molecule has 0 aliphatic carbocycles. The average molecular weight is 374 g/mol. The summed E-state index contributed by atoms with van der Waals surface area (Å²) in [5.74, 6) is 4.60. The summed E-state index contributed by atoms with van der Waals surface area (Å²) < 4.78 is 1.63. The van der Waals surface area contributed by atoms with Crippen molar-refractivity contribution in [2.24, 2.45) is 5.73 Å². The van der Waals surface area contributed by atoms with E-state index in [4.69, 9.17) is 5.73 Å². The van der Waals surface area contributed by atoms with Crippen LogP contribution >= 0.6 is 0 Å². The molecular formula is C21H18N4O3. The number of likely N-dealkylation sites (N-methyl/N-ethyl adjacent to an activating group) is 1. The van der Waals surface area contributed by atoms with E-state index in [9.17, 15) is 14.7 Å². The summed E-state index contributed by atoms with van der Waals surface area (Å²) >= 11 is 0. The first-order chi connectivity index (χ1) is 13.4. The van der Waals surface area contributed by atoms with Gasteiger partial charge in [0.15, 0.2) is 5.69 Å². The number of hydrogen-bond acceptors (Lipinski definition) is 4. The smallest absolute Gasteiger partial charge is 0.269 e. The average Bonchev–Trinajstić information content (AvgIpc) is 3.21. The minimum atomic E-state index is -1.65. The maximum Gasteiger partial charge on any atom is 0.269 e. The predicted molar refractivity (Wildman–Crippen MR) is 104 cm³/mol. The molecule has 7 heteroatoms. The van der Waals surface area contributed by atoms with Crippen LogP contribution in [-0.2, 0) is 4.79 Å². The minimum absolute atomic E-state index is 0.195. The SMILES string of the molecule is CN1CC[C@](O)(C#Cc2cccc(-n3nc(C(N)=O)c4ccccc43)c2)C1=O. The second-order valence-electron chi connectivity index (χ2n) is 6.78. The van der Waals surface area contributed by atoms with Crippen molar-refractivity contribution in [3.8, 4) is 17.5 Å². The summed E-state index contributed by atoms with van der Waals surface area (Å²) in [6, 6.07) is 14.5. The molecule has 1 saturated heterocycles. The molecule has 1 aromatic heterocycles. The van der Waals surface area contributed by atoms with Crippen LogP contribution in [0.4, 0.5) is 0 Å². The van der Waals surface area contributed by atoms with Crippen LogP contribution in [0.1, 0.15) is 22.5 Å². The largest absolute Gasteiger partial charge is 0.369 e. The van der Waals surface area contributed by atoms with E-state index in [1.807, 2.05) is 24.3 Å². The molecule has 7 nitrogen and oxygen atoms in total. The number of hydrogen-bond donors (Lipinski definition) is 2. The first-order valence-electron chi connectivity index (χ1n) is 8.78. The zero-order valence-corrected chi connectivity index (χ0v) is 15.2. The Labute approximate surface area is 161 Å². The summed E-state index contributed by atoms with van der Waals surface area (Å²) in [6.07, 6.45) is 0.279. The molecular weight excluding hydrogens is 356 g/mol. The van der Waals surface area contributed by atoms with E-state index >= 15 is 0 Å². The van der Waals surface area contributed by atoms with Gasteiger partial charge in [-0.1, -0.05) is 36.1 Å². The first kappa shape index (κ1) is 17.8. The van der Waals surface area contributed by atoms with Crippen molar-refractivity contribution in [1.29, 1.82) is 0 Å². The fourth-order valence-electron chi connectivity index (χ4n) is 3.31. The van der Waals surface area contributed by atoms with Crippen LogP contribution in [0.15, 0.2) is 48.5 Å². The number of amides is 2. The zero-order valence-electron chi connectivity index (χ0n) is 15.2. The maximum absolute atomic E-state index is 12.1. The van der Waals surface area contributed by atoms with Gasteiger partial charge in [0.05, 0.1) is 11.2 Å². The number of carbonyl (C=O) groups is 2. The molecule has 1 atom stereocenters. The van der Waals surface area contributed by atoms with Gasteiger partial charge < -0.3 is 15.7 Å². The number of likely N-dealkylation sites (tertiary alicyclic amines) is 1. The molecule has 28 heavy (non-hydrogen) atoms. The molecule has 140 valence electrons. The molecule has 0 bridgehead atoms. The summed E-state index contributed by atoms with van der Waals surface area (Å²) in [7, 11) is 1.64. The highest BCUT2D eigenvalue weighted by Crippen LogP contribution is 2.23. The van der Waals surface area contributed by atoms with Gasteiger partial charge in [0.25, 0.3) is 11.8 Å². The summed E-state index contributed by atoms with van der Waals surface area (Å²) in [6.45, 7) is 0.471. The molecule has 1 aliphatic rings. The first-order valence-corrected chi connectivity index (χ1v) is 8.78. The third kappa shape index (κ3) is 2.90. The lowest BCUT2D eigenvalue weighted by molar-refractivity contribution is -0.137. The Morgan fingerprint density at radius 3 is 2.75 bits per heavy atom. The predicted octanol–water partition coefficient (Wildman–Crippen LogP) is 1.07. The van der Waals surface area contributed by atoms with Crippen LogP contribution in [-0.4, -0.2) is 50.8 Å². The number of benzene rings is 2. The third-order valence-corrected chi connectivity index (χ3v) is 4.83. The summed E-state index contributed by atoms with van der Waals surface area (Å²) in [5, 5.41) is 15.5. The van der Waals surface area contributed by atoms with Gasteiger partial charge in [-0.3, -0.25) is 9.59 Å². The van der Waals surface area contributed by atoms with Gasteiger partial charge in [0.2, 0.25) is 5.60 Å². The number of fused-ring (bicyclic) bond motifs is 1. The Morgan fingerprint density at radius 1 is 1.25 bits per heavy atom. The number of rotatable bonds is 2. The van der Waals surface area contributed by atoms with Crippen LogP contribution in [0.5, 0.6) is 0 Å². The number of carbonyl (C=O) groups excluding carboxylic acids is 2. The Kier molecular flexibility index (Phi) is 4.13. The van der Waals surface area contributed by atoms with Crippen molar-refractivity contribution in [2.45, 2.75) is 12.0 Å². The van der Waals surface area contributed by atoms with Crippen molar-refractivity contribution in [3.63, 3.8) is 0 Å². The lowest BCUT2D eigenvalue weighted by Gasteiger charge is -2.13. The van der Waals surface area contributed by atoms with Crippen molar-refractivity contribution >= 4 is 22.7 Å². The maximum atomic E-state index is 12.1. The fourth-order valence-corrected chi connectivity index (χ4v) is 3.31. The Morgan fingerprint density at radius 2 is 2.04 bits per heavy atom. The zero-order chi connectivity index (χ0) is 19.9. The van der Waals surface area contributed by atoms with Crippen molar-refractivity contribution < 1.29 is 14.7 Å². The minimum Gasteiger partial charge on any atom is -0.369 e. The van der Waals surface area contributed by atoms with Gasteiger partial charge in [0, 0.05) is 31.0 Å². The second kappa shape index (κ2) is 6.51. The second-order valence-corrected chi connectivity index (χ2v) is 6.78. The number of aliphatic hydroxyl groups is 1. The van der Waals surface area contributed by atoms with Crippen molar-refractivity contribution in [1.82, 2.24) is 14.7 Å². The lowest BCUT2D eigenvalue weighted by Crippen LogP contribution is -2.37. The molecule has 2 aromatic carbocycles. The van der Waals surface area contributed by atoms with Gasteiger partial charge in [-0.05, 0) is 24.3 Å². The Balaban J connectivity index is 1.76. The van der Waals surface area contributed by atoms with E-state index in [1.54, 1.807) is 36.0 Å². The fraction of sp³-hybridized carbons (Fsp3) is 0.190. The highest BCUT2D eigenvalue weighted by Gasteiger charge is 2.42. The molecule has 1 fully saturated rings.